The highest BCUT2D eigenvalue weighted by molar-refractivity contribution is 5.93. The Morgan fingerprint density at radius 2 is 1.66 bits per heavy atom. The van der Waals surface area contributed by atoms with Crippen LogP contribution in [0.25, 0.3) is 5.65 Å². The van der Waals surface area contributed by atoms with Crippen LogP contribution in [0.3, 0.4) is 0 Å². The molecule has 5 nitrogen and oxygen atoms in total. The number of hydrogen-bond acceptors (Lipinski definition) is 3. The lowest BCUT2D eigenvalue weighted by Crippen LogP contribution is -2.34. The molecule has 0 unspecified atom stereocenters. The first kappa shape index (κ1) is 20.4. The van der Waals surface area contributed by atoms with Gasteiger partial charge in [-0.2, -0.15) is 5.10 Å². The third-order valence-corrected chi connectivity index (χ3v) is 6.68. The lowest BCUT2D eigenvalue weighted by molar-refractivity contribution is 0.0736. The van der Waals surface area contributed by atoms with Crippen molar-refractivity contribution in [2.45, 2.75) is 90.4 Å². The topological polar surface area (TPSA) is 50.5 Å². The van der Waals surface area contributed by atoms with E-state index in [1.54, 1.807) is 0 Å². The average Bonchev–Trinajstić information content (AvgIpc) is 3.11. The molecule has 2 fully saturated rings. The summed E-state index contributed by atoms with van der Waals surface area (Å²) < 4.78 is 1.91. The molecular formula is C24H36N4O. The van der Waals surface area contributed by atoms with Crippen molar-refractivity contribution in [1.29, 1.82) is 0 Å². The van der Waals surface area contributed by atoms with Gasteiger partial charge in [0.05, 0.1) is 0 Å². The molecule has 2 aliphatic rings. The van der Waals surface area contributed by atoms with Gasteiger partial charge < -0.3 is 4.90 Å². The standard InChI is InChI=1S/C24H36N4O/c1-18(2)22-16-20(15-19-11-7-6-8-12-19)25-23-17-21(26-28(22)23)24(29)27-13-9-4-3-5-10-14-27/h16-19H,3-15H2,1-2H3. The van der Waals surface area contributed by atoms with E-state index in [2.05, 4.69) is 19.9 Å². The molecule has 2 aromatic heterocycles. The molecule has 1 saturated heterocycles. The van der Waals surface area contributed by atoms with Crippen LogP contribution < -0.4 is 0 Å². The third kappa shape index (κ3) is 4.81. The Hall–Kier alpha value is -1.91. The van der Waals surface area contributed by atoms with Gasteiger partial charge in [-0.1, -0.05) is 65.2 Å². The Labute approximate surface area is 174 Å². The van der Waals surface area contributed by atoms with E-state index in [0.29, 0.717) is 11.6 Å². The largest absolute Gasteiger partial charge is 0.337 e. The van der Waals surface area contributed by atoms with Crippen molar-refractivity contribution in [2.24, 2.45) is 5.92 Å². The molecule has 4 rings (SSSR count). The summed E-state index contributed by atoms with van der Waals surface area (Å²) in [6.07, 6.45) is 13.7. The van der Waals surface area contributed by atoms with E-state index in [0.717, 1.165) is 49.6 Å². The van der Waals surface area contributed by atoms with Crippen molar-refractivity contribution in [3.63, 3.8) is 0 Å². The zero-order chi connectivity index (χ0) is 20.2. The first-order valence-corrected chi connectivity index (χ1v) is 11.8. The van der Waals surface area contributed by atoms with Gasteiger partial charge in [0.25, 0.3) is 5.91 Å². The molecular weight excluding hydrogens is 360 g/mol. The van der Waals surface area contributed by atoms with Crippen LogP contribution in [0.4, 0.5) is 0 Å². The van der Waals surface area contributed by atoms with E-state index in [9.17, 15) is 4.79 Å². The van der Waals surface area contributed by atoms with Crippen molar-refractivity contribution in [3.05, 3.63) is 29.2 Å². The molecule has 0 aromatic carbocycles. The highest BCUT2D eigenvalue weighted by atomic mass is 16.2. The summed E-state index contributed by atoms with van der Waals surface area (Å²) in [4.78, 5) is 20.1. The van der Waals surface area contributed by atoms with Gasteiger partial charge in [-0.3, -0.25) is 4.79 Å². The second-order valence-corrected chi connectivity index (χ2v) is 9.39. The fourth-order valence-electron chi connectivity index (χ4n) is 4.97. The second kappa shape index (κ2) is 9.27. The Morgan fingerprint density at radius 3 is 2.34 bits per heavy atom. The highest BCUT2D eigenvalue weighted by Crippen LogP contribution is 2.28. The highest BCUT2D eigenvalue weighted by Gasteiger charge is 2.22. The molecule has 0 radical (unpaired) electrons. The number of hydrogen-bond donors (Lipinski definition) is 0. The van der Waals surface area contributed by atoms with Gasteiger partial charge in [0.15, 0.2) is 11.3 Å². The smallest absolute Gasteiger partial charge is 0.274 e. The van der Waals surface area contributed by atoms with Crippen LogP contribution in [0.5, 0.6) is 0 Å². The SMILES string of the molecule is CC(C)c1cc(CC2CCCCC2)nc2cc(C(=O)N3CCCCCCC3)nn12. The van der Waals surface area contributed by atoms with Crippen LogP contribution >= 0.6 is 0 Å². The zero-order valence-corrected chi connectivity index (χ0v) is 18.2. The summed E-state index contributed by atoms with van der Waals surface area (Å²) in [6.45, 7) is 6.09. The first-order valence-electron chi connectivity index (χ1n) is 11.8. The monoisotopic (exact) mass is 396 g/mol. The Kier molecular flexibility index (Phi) is 6.51. The normalized spacial score (nSPS) is 19.5. The molecule has 1 amide bonds. The van der Waals surface area contributed by atoms with E-state index >= 15 is 0 Å². The van der Waals surface area contributed by atoms with Crippen LogP contribution in [-0.4, -0.2) is 38.5 Å². The minimum atomic E-state index is 0.0703. The van der Waals surface area contributed by atoms with Crippen LogP contribution in [0.2, 0.25) is 0 Å². The third-order valence-electron chi connectivity index (χ3n) is 6.68. The van der Waals surface area contributed by atoms with Gasteiger partial charge >= 0.3 is 0 Å². The van der Waals surface area contributed by atoms with Crippen molar-refractivity contribution in [1.82, 2.24) is 19.5 Å². The van der Waals surface area contributed by atoms with E-state index in [-0.39, 0.29) is 5.91 Å². The fraction of sp³-hybridized carbons (Fsp3) is 0.708. The van der Waals surface area contributed by atoms with Gasteiger partial charge in [0, 0.05) is 30.5 Å². The summed E-state index contributed by atoms with van der Waals surface area (Å²) in [5.41, 5.74) is 3.71. The predicted molar refractivity (Wildman–Crippen MR) is 116 cm³/mol. The zero-order valence-electron chi connectivity index (χ0n) is 18.2. The number of carbonyl (C=O) groups excluding carboxylic acids is 1. The number of likely N-dealkylation sites (tertiary alicyclic amines) is 1. The summed E-state index contributed by atoms with van der Waals surface area (Å²) in [5.74, 6) is 1.17. The predicted octanol–water partition coefficient (Wildman–Crippen LogP) is 5.38. The fourth-order valence-corrected chi connectivity index (χ4v) is 4.97. The van der Waals surface area contributed by atoms with Crippen molar-refractivity contribution >= 4 is 11.6 Å². The average molecular weight is 397 g/mol. The number of carbonyl (C=O) groups is 1. The molecule has 158 valence electrons. The molecule has 1 aliphatic heterocycles. The number of fused-ring (bicyclic) bond motifs is 1. The molecule has 29 heavy (non-hydrogen) atoms. The molecule has 0 bridgehead atoms. The van der Waals surface area contributed by atoms with E-state index in [1.165, 1.54) is 57.1 Å². The Morgan fingerprint density at radius 1 is 1.00 bits per heavy atom. The van der Waals surface area contributed by atoms with Gasteiger partial charge in [-0.25, -0.2) is 9.50 Å². The molecule has 5 heteroatoms. The summed E-state index contributed by atoms with van der Waals surface area (Å²) >= 11 is 0. The maximum atomic E-state index is 13.1. The lowest BCUT2D eigenvalue weighted by Gasteiger charge is -2.23. The van der Waals surface area contributed by atoms with E-state index in [1.807, 2.05) is 15.5 Å². The number of rotatable bonds is 4. The molecule has 1 saturated carbocycles. The minimum absolute atomic E-state index is 0.0703. The van der Waals surface area contributed by atoms with Crippen LogP contribution in [0.15, 0.2) is 12.1 Å². The Balaban J connectivity index is 1.60. The second-order valence-electron chi connectivity index (χ2n) is 9.39. The van der Waals surface area contributed by atoms with Gasteiger partial charge in [0.1, 0.15) is 0 Å². The molecule has 2 aromatic rings. The number of nitrogens with zero attached hydrogens (tertiary/aromatic N) is 4. The maximum Gasteiger partial charge on any atom is 0.274 e. The van der Waals surface area contributed by atoms with Crippen LogP contribution in [0, 0.1) is 5.92 Å². The maximum absolute atomic E-state index is 13.1. The summed E-state index contributed by atoms with van der Waals surface area (Å²) in [5, 5.41) is 4.71. The lowest BCUT2D eigenvalue weighted by atomic mass is 9.86. The van der Waals surface area contributed by atoms with Crippen molar-refractivity contribution in [2.75, 3.05) is 13.1 Å². The van der Waals surface area contributed by atoms with Crippen molar-refractivity contribution < 1.29 is 4.79 Å². The quantitative estimate of drug-likeness (QED) is 0.697. The van der Waals surface area contributed by atoms with Gasteiger partial charge in [-0.15, -0.1) is 0 Å². The molecule has 0 N–H and O–H groups in total. The van der Waals surface area contributed by atoms with Crippen LogP contribution in [-0.2, 0) is 6.42 Å². The molecule has 3 heterocycles. The van der Waals surface area contributed by atoms with Crippen LogP contribution in [0.1, 0.15) is 106 Å². The first-order chi connectivity index (χ1) is 14.1. The molecule has 1 aliphatic carbocycles. The molecule has 0 atom stereocenters. The van der Waals surface area contributed by atoms with E-state index < -0.39 is 0 Å². The molecule has 0 spiro atoms. The minimum Gasteiger partial charge on any atom is -0.337 e. The van der Waals surface area contributed by atoms with Gasteiger partial charge in [-0.05, 0) is 37.2 Å². The number of amides is 1. The summed E-state index contributed by atoms with van der Waals surface area (Å²) in [7, 11) is 0. The Bertz CT molecular complexity index is 827. The van der Waals surface area contributed by atoms with Gasteiger partial charge in [0.2, 0.25) is 0 Å². The number of aromatic nitrogens is 3. The van der Waals surface area contributed by atoms with Crippen molar-refractivity contribution in [3.8, 4) is 0 Å². The van der Waals surface area contributed by atoms with E-state index in [4.69, 9.17) is 10.1 Å². The summed E-state index contributed by atoms with van der Waals surface area (Å²) in [6, 6.07) is 4.14.